The summed E-state index contributed by atoms with van der Waals surface area (Å²) >= 11 is 0. The Morgan fingerprint density at radius 2 is 2.32 bits per heavy atom. The van der Waals surface area contributed by atoms with Crippen LogP contribution in [-0.2, 0) is 11.3 Å². The highest BCUT2D eigenvalue weighted by Crippen LogP contribution is 2.18. The molecule has 128 valence electrons. The average Bonchev–Trinajstić information content (AvgIpc) is 2.66. The van der Waals surface area contributed by atoms with Crippen molar-refractivity contribution < 1.29 is 13.9 Å². The number of rotatable bonds is 4. The molecule has 1 aliphatic heterocycles. The summed E-state index contributed by atoms with van der Waals surface area (Å²) in [6.45, 7) is 1.50. The van der Waals surface area contributed by atoms with E-state index >= 15 is 0 Å². The smallest absolute Gasteiger partial charge is 0.254 e. The van der Waals surface area contributed by atoms with E-state index in [9.17, 15) is 9.18 Å². The molecule has 0 aliphatic carbocycles. The SMILES string of the molecule is N#Cc1cc(F)cc(C(=O)N2CCCC(OCc3cccnc3)C2)c1. The van der Waals surface area contributed by atoms with Gasteiger partial charge >= 0.3 is 0 Å². The van der Waals surface area contributed by atoms with Crippen LogP contribution < -0.4 is 0 Å². The first-order valence-electron chi connectivity index (χ1n) is 8.16. The maximum absolute atomic E-state index is 13.6. The molecular weight excluding hydrogens is 321 g/mol. The second-order valence-electron chi connectivity index (χ2n) is 6.03. The molecule has 2 heterocycles. The second-order valence-corrected chi connectivity index (χ2v) is 6.03. The van der Waals surface area contributed by atoms with Gasteiger partial charge in [0.05, 0.1) is 24.3 Å². The topological polar surface area (TPSA) is 66.2 Å². The third-order valence-corrected chi connectivity index (χ3v) is 4.15. The van der Waals surface area contributed by atoms with Crippen LogP contribution in [0.25, 0.3) is 0 Å². The summed E-state index contributed by atoms with van der Waals surface area (Å²) in [5.41, 5.74) is 1.32. The van der Waals surface area contributed by atoms with Crippen molar-refractivity contribution in [2.75, 3.05) is 13.1 Å². The van der Waals surface area contributed by atoms with E-state index in [0.717, 1.165) is 24.5 Å². The van der Waals surface area contributed by atoms with Gasteiger partial charge in [-0.25, -0.2) is 4.39 Å². The van der Waals surface area contributed by atoms with Crippen molar-refractivity contribution in [3.8, 4) is 6.07 Å². The molecule has 1 saturated heterocycles. The quantitative estimate of drug-likeness (QED) is 0.859. The highest BCUT2D eigenvalue weighted by molar-refractivity contribution is 5.94. The minimum absolute atomic E-state index is 0.0677. The number of amides is 1. The van der Waals surface area contributed by atoms with E-state index in [1.54, 1.807) is 17.3 Å². The minimum Gasteiger partial charge on any atom is -0.372 e. The van der Waals surface area contributed by atoms with E-state index in [4.69, 9.17) is 10.00 Å². The van der Waals surface area contributed by atoms with E-state index in [1.807, 2.05) is 18.2 Å². The highest BCUT2D eigenvalue weighted by Gasteiger charge is 2.25. The molecule has 1 aromatic heterocycles. The molecule has 1 aromatic carbocycles. The fourth-order valence-corrected chi connectivity index (χ4v) is 2.92. The fraction of sp³-hybridized carbons (Fsp3) is 0.316. The van der Waals surface area contributed by atoms with Crippen LogP contribution in [0, 0.1) is 17.1 Å². The predicted molar refractivity (Wildman–Crippen MR) is 89.1 cm³/mol. The number of hydrogen-bond acceptors (Lipinski definition) is 4. The molecule has 1 atom stereocenters. The molecule has 25 heavy (non-hydrogen) atoms. The van der Waals surface area contributed by atoms with Gasteiger partial charge in [0.1, 0.15) is 5.82 Å². The number of ether oxygens (including phenoxy) is 1. The Bertz CT molecular complexity index is 789. The van der Waals surface area contributed by atoms with Gasteiger partial charge in [-0.15, -0.1) is 0 Å². The summed E-state index contributed by atoms with van der Waals surface area (Å²) in [6.07, 6.45) is 5.09. The Labute approximate surface area is 145 Å². The molecule has 0 spiro atoms. The number of likely N-dealkylation sites (tertiary alicyclic amines) is 1. The van der Waals surface area contributed by atoms with Gasteiger partial charge in [0.15, 0.2) is 0 Å². The number of nitriles is 1. The molecule has 0 radical (unpaired) electrons. The van der Waals surface area contributed by atoms with Gasteiger partial charge in [0.2, 0.25) is 0 Å². The molecule has 1 unspecified atom stereocenters. The Morgan fingerprint density at radius 1 is 1.44 bits per heavy atom. The molecule has 5 nitrogen and oxygen atoms in total. The fourth-order valence-electron chi connectivity index (χ4n) is 2.92. The van der Waals surface area contributed by atoms with E-state index in [0.29, 0.717) is 19.7 Å². The van der Waals surface area contributed by atoms with Crippen LogP contribution in [0.5, 0.6) is 0 Å². The van der Waals surface area contributed by atoms with Gasteiger partial charge < -0.3 is 9.64 Å². The Morgan fingerprint density at radius 3 is 3.08 bits per heavy atom. The van der Waals surface area contributed by atoms with Crippen molar-refractivity contribution >= 4 is 5.91 Å². The van der Waals surface area contributed by atoms with E-state index in [-0.39, 0.29) is 23.1 Å². The minimum atomic E-state index is -0.580. The molecule has 0 bridgehead atoms. The first-order valence-corrected chi connectivity index (χ1v) is 8.16. The zero-order valence-corrected chi connectivity index (χ0v) is 13.7. The lowest BCUT2D eigenvalue weighted by atomic mass is 10.1. The lowest BCUT2D eigenvalue weighted by Gasteiger charge is -2.32. The largest absolute Gasteiger partial charge is 0.372 e. The highest BCUT2D eigenvalue weighted by atomic mass is 19.1. The van der Waals surface area contributed by atoms with Crippen LogP contribution in [0.1, 0.15) is 34.3 Å². The van der Waals surface area contributed by atoms with Crippen LogP contribution in [0.3, 0.4) is 0 Å². The first kappa shape index (κ1) is 17.1. The van der Waals surface area contributed by atoms with Gasteiger partial charge in [-0.3, -0.25) is 9.78 Å². The molecule has 1 amide bonds. The van der Waals surface area contributed by atoms with Crippen LogP contribution in [0.15, 0.2) is 42.7 Å². The number of benzene rings is 1. The Kier molecular flexibility index (Phi) is 5.36. The Balaban J connectivity index is 1.64. The van der Waals surface area contributed by atoms with E-state index in [1.165, 1.54) is 12.1 Å². The van der Waals surface area contributed by atoms with Crippen LogP contribution in [0.2, 0.25) is 0 Å². The standard InChI is InChI=1S/C19H18FN3O2/c20-17-8-15(10-21)7-16(9-17)19(24)23-6-2-4-18(12-23)25-13-14-3-1-5-22-11-14/h1,3,5,7-9,11,18H,2,4,6,12-13H2. The number of halogens is 1. The van der Waals surface area contributed by atoms with Gasteiger partial charge in [0, 0.05) is 31.0 Å². The zero-order chi connectivity index (χ0) is 17.6. The van der Waals surface area contributed by atoms with Crippen molar-refractivity contribution in [3.05, 3.63) is 65.2 Å². The van der Waals surface area contributed by atoms with Crippen LogP contribution >= 0.6 is 0 Å². The third kappa shape index (κ3) is 4.40. The van der Waals surface area contributed by atoms with Gasteiger partial charge in [-0.1, -0.05) is 6.07 Å². The lowest BCUT2D eigenvalue weighted by molar-refractivity contribution is -0.00682. The van der Waals surface area contributed by atoms with Gasteiger partial charge in [0.25, 0.3) is 5.91 Å². The third-order valence-electron chi connectivity index (χ3n) is 4.15. The molecule has 2 aromatic rings. The van der Waals surface area contributed by atoms with Crippen molar-refractivity contribution in [2.24, 2.45) is 0 Å². The van der Waals surface area contributed by atoms with Crippen molar-refractivity contribution in [3.63, 3.8) is 0 Å². The molecule has 1 fully saturated rings. The van der Waals surface area contributed by atoms with Gasteiger partial charge in [-0.2, -0.15) is 5.26 Å². The summed E-state index contributed by atoms with van der Waals surface area (Å²) in [6, 6.07) is 9.37. The molecule has 3 rings (SSSR count). The first-order chi connectivity index (χ1) is 12.2. The summed E-state index contributed by atoms with van der Waals surface area (Å²) in [5, 5.41) is 8.93. The maximum atomic E-state index is 13.6. The Hall–Kier alpha value is -2.78. The van der Waals surface area contributed by atoms with Crippen LogP contribution in [0.4, 0.5) is 4.39 Å². The zero-order valence-electron chi connectivity index (χ0n) is 13.7. The number of hydrogen-bond donors (Lipinski definition) is 0. The number of carbonyl (C=O) groups is 1. The molecule has 0 saturated carbocycles. The number of carbonyl (C=O) groups excluding carboxylic acids is 1. The maximum Gasteiger partial charge on any atom is 0.254 e. The molecule has 0 N–H and O–H groups in total. The molecular formula is C19H18FN3O2. The van der Waals surface area contributed by atoms with Crippen molar-refractivity contribution in [2.45, 2.75) is 25.6 Å². The lowest BCUT2D eigenvalue weighted by Crippen LogP contribution is -2.43. The van der Waals surface area contributed by atoms with Gasteiger partial charge in [-0.05, 0) is 42.7 Å². The van der Waals surface area contributed by atoms with E-state index < -0.39 is 5.82 Å². The number of piperidine rings is 1. The number of nitrogens with zero attached hydrogens (tertiary/aromatic N) is 3. The summed E-state index contributed by atoms with van der Waals surface area (Å²) in [4.78, 5) is 18.3. The number of aromatic nitrogens is 1. The summed E-state index contributed by atoms with van der Waals surface area (Å²) < 4.78 is 19.5. The van der Waals surface area contributed by atoms with E-state index in [2.05, 4.69) is 4.98 Å². The summed E-state index contributed by atoms with van der Waals surface area (Å²) in [7, 11) is 0. The van der Waals surface area contributed by atoms with Crippen LogP contribution in [-0.4, -0.2) is 35.0 Å². The predicted octanol–water partition coefficient (Wildman–Crippen LogP) is 2.91. The van der Waals surface area contributed by atoms with Crippen molar-refractivity contribution in [1.29, 1.82) is 5.26 Å². The van der Waals surface area contributed by atoms with Crippen molar-refractivity contribution in [1.82, 2.24) is 9.88 Å². The monoisotopic (exact) mass is 339 g/mol. The normalized spacial score (nSPS) is 17.1. The number of pyridine rings is 1. The average molecular weight is 339 g/mol. The second kappa shape index (κ2) is 7.86. The summed E-state index contributed by atoms with van der Waals surface area (Å²) in [5.74, 6) is -0.852. The molecule has 6 heteroatoms. The molecule has 1 aliphatic rings.